The van der Waals surface area contributed by atoms with Crippen LogP contribution in [0, 0.1) is 11.3 Å². The molecule has 0 amide bonds. The van der Waals surface area contributed by atoms with Gasteiger partial charge in [0.05, 0.1) is 23.5 Å². The van der Waals surface area contributed by atoms with Gasteiger partial charge in [0.15, 0.2) is 0 Å². The van der Waals surface area contributed by atoms with Gasteiger partial charge in [-0.3, -0.25) is 4.98 Å². The number of hydrogen-bond donors (Lipinski definition) is 2. The van der Waals surface area contributed by atoms with Gasteiger partial charge in [-0.25, -0.2) is 9.97 Å². The molecule has 2 fully saturated rings. The Kier molecular flexibility index (Phi) is 5.46. The predicted octanol–water partition coefficient (Wildman–Crippen LogP) is 4.16. The number of anilines is 2. The summed E-state index contributed by atoms with van der Waals surface area (Å²) >= 11 is 0. The maximum Gasteiger partial charge on any atom is 0.138 e. The third-order valence-electron chi connectivity index (χ3n) is 5.64. The summed E-state index contributed by atoms with van der Waals surface area (Å²) in [6.07, 6.45) is 9.84. The molecule has 7 heteroatoms. The van der Waals surface area contributed by atoms with E-state index < -0.39 is 0 Å². The lowest BCUT2D eigenvalue weighted by atomic mass is 10.1. The van der Waals surface area contributed by atoms with Crippen LogP contribution in [0.3, 0.4) is 0 Å². The summed E-state index contributed by atoms with van der Waals surface area (Å²) in [6.45, 7) is 1.97. The third-order valence-corrected chi connectivity index (χ3v) is 5.64. The van der Waals surface area contributed by atoms with Gasteiger partial charge in [-0.05, 0) is 80.6 Å². The second-order valence-electron chi connectivity index (χ2n) is 8.09. The van der Waals surface area contributed by atoms with Crippen LogP contribution in [0.4, 0.5) is 11.6 Å². The molecule has 1 saturated carbocycles. The molecule has 2 N–H and O–H groups in total. The van der Waals surface area contributed by atoms with E-state index in [0.29, 0.717) is 23.1 Å². The molecule has 5 rings (SSSR count). The van der Waals surface area contributed by atoms with E-state index in [0.717, 1.165) is 42.9 Å². The van der Waals surface area contributed by atoms with Crippen molar-refractivity contribution in [3.05, 3.63) is 60.0 Å². The van der Waals surface area contributed by atoms with Crippen LogP contribution in [0.2, 0.25) is 0 Å². The molecule has 0 atom stereocenters. The van der Waals surface area contributed by atoms with E-state index in [1.807, 2.05) is 12.3 Å². The summed E-state index contributed by atoms with van der Waals surface area (Å²) in [7, 11) is 0. The smallest absolute Gasteiger partial charge is 0.138 e. The normalized spacial score (nSPS) is 16.5. The Morgan fingerprint density at radius 1 is 1.03 bits per heavy atom. The molecule has 2 aliphatic rings. The zero-order valence-corrected chi connectivity index (χ0v) is 17.2. The van der Waals surface area contributed by atoms with Crippen LogP contribution in [0.1, 0.15) is 42.7 Å². The maximum absolute atomic E-state index is 9.15. The number of pyridine rings is 3. The number of nitrogens with one attached hydrogen (secondary N) is 2. The van der Waals surface area contributed by atoms with Crippen molar-refractivity contribution in [1.29, 1.82) is 5.26 Å². The lowest BCUT2D eigenvalue weighted by molar-refractivity contribution is 0.162. The van der Waals surface area contributed by atoms with E-state index >= 15 is 0 Å². The molecule has 0 bridgehead atoms. The topological polar surface area (TPSA) is 95.8 Å². The van der Waals surface area contributed by atoms with E-state index in [2.05, 4.69) is 38.8 Å². The number of ether oxygens (including phenoxy) is 1. The van der Waals surface area contributed by atoms with Crippen LogP contribution in [0.15, 0.2) is 48.9 Å². The minimum atomic E-state index is 0.222. The Bertz CT molecular complexity index is 1120. The predicted molar refractivity (Wildman–Crippen MR) is 118 cm³/mol. The third kappa shape index (κ3) is 4.81. The lowest BCUT2D eigenvalue weighted by Gasteiger charge is -2.23. The molecular weight excluding hydrogens is 388 g/mol. The molecular formula is C24H24N6O. The molecule has 1 aliphatic carbocycles. The molecule has 31 heavy (non-hydrogen) atoms. The van der Waals surface area contributed by atoms with Gasteiger partial charge >= 0.3 is 0 Å². The molecule has 4 heterocycles. The highest BCUT2D eigenvalue weighted by molar-refractivity contribution is 5.65. The quantitative estimate of drug-likeness (QED) is 0.627. The summed E-state index contributed by atoms with van der Waals surface area (Å²) in [4.78, 5) is 13.5. The van der Waals surface area contributed by atoms with Crippen molar-refractivity contribution in [2.24, 2.45) is 0 Å². The Balaban J connectivity index is 1.43. The van der Waals surface area contributed by atoms with E-state index in [4.69, 9.17) is 15.0 Å². The maximum atomic E-state index is 9.15. The highest BCUT2D eigenvalue weighted by Crippen LogP contribution is 2.42. The van der Waals surface area contributed by atoms with Gasteiger partial charge in [-0.1, -0.05) is 0 Å². The molecule has 0 spiro atoms. The molecule has 156 valence electrons. The first kappa shape index (κ1) is 19.5. The molecule has 0 aromatic carbocycles. The zero-order valence-electron chi connectivity index (χ0n) is 17.2. The molecule has 3 aromatic rings. The zero-order chi connectivity index (χ0) is 21.0. The van der Waals surface area contributed by atoms with E-state index in [-0.39, 0.29) is 6.10 Å². The highest BCUT2D eigenvalue weighted by atomic mass is 16.5. The van der Waals surface area contributed by atoms with Crippen molar-refractivity contribution < 1.29 is 4.74 Å². The average molecular weight is 412 g/mol. The minimum absolute atomic E-state index is 0.222. The lowest BCUT2D eigenvalue weighted by Crippen LogP contribution is -2.34. The summed E-state index contributed by atoms with van der Waals surface area (Å²) in [5.74, 6) is 2.67. The fourth-order valence-corrected chi connectivity index (χ4v) is 3.84. The fraction of sp³-hybridized carbons (Fsp3) is 0.333. The largest absolute Gasteiger partial charge is 0.489 e. The van der Waals surface area contributed by atoms with E-state index in [1.165, 1.54) is 18.4 Å². The van der Waals surface area contributed by atoms with Gasteiger partial charge in [-0.2, -0.15) is 5.26 Å². The van der Waals surface area contributed by atoms with Crippen LogP contribution < -0.4 is 15.4 Å². The average Bonchev–Trinajstić information content (AvgIpc) is 3.66. The van der Waals surface area contributed by atoms with Crippen LogP contribution in [0.25, 0.3) is 11.3 Å². The van der Waals surface area contributed by atoms with Crippen LogP contribution >= 0.6 is 0 Å². The van der Waals surface area contributed by atoms with Crippen molar-refractivity contribution in [1.82, 2.24) is 20.3 Å². The van der Waals surface area contributed by atoms with Gasteiger partial charge in [0.1, 0.15) is 23.5 Å². The summed E-state index contributed by atoms with van der Waals surface area (Å²) in [5, 5.41) is 15.8. The van der Waals surface area contributed by atoms with Gasteiger partial charge in [0.2, 0.25) is 0 Å². The highest BCUT2D eigenvalue weighted by Gasteiger charge is 2.25. The Labute approximate surface area is 181 Å². The fourth-order valence-electron chi connectivity index (χ4n) is 3.84. The number of hydrogen-bond acceptors (Lipinski definition) is 7. The van der Waals surface area contributed by atoms with Crippen molar-refractivity contribution in [2.75, 3.05) is 18.4 Å². The number of aromatic nitrogens is 3. The Morgan fingerprint density at radius 3 is 2.71 bits per heavy atom. The SMILES string of the molecule is N#Cc1ccnc(Nc2cc(C3CC3)cc(-c3cncc(OC4CCNCC4)c3)n2)c1. The molecule has 1 saturated heterocycles. The number of nitrogens with zero attached hydrogens (tertiary/aromatic N) is 4. The van der Waals surface area contributed by atoms with Crippen molar-refractivity contribution in [3.8, 4) is 23.1 Å². The summed E-state index contributed by atoms with van der Waals surface area (Å²) in [6, 6.07) is 11.8. The molecule has 0 radical (unpaired) electrons. The van der Waals surface area contributed by atoms with Crippen molar-refractivity contribution in [2.45, 2.75) is 37.7 Å². The van der Waals surface area contributed by atoms with Crippen molar-refractivity contribution in [3.63, 3.8) is 0 Å². The van der Waals surface area contributed by atoms with E-state index in [9.17, 15) is 0 Å². The van der Waals surface area contributed by atoms with Gasteiger partial charge in [0, 0.05) is 18.0 Å². The first-order valence-electron chi connectivity index (χ1n) is 10.7. The van der Waals surface area contributed by atoms with Crippen LogP contribution in [-0.2, 0) is 0 Å². The van der Waals surface area contributed by atoms with Gasteiger partial charge < -0.3 is 15.4 Å². The van der Waals surface area contributed by atoms with Crippen molar-refractivity contribution >= 4 is 11.6 Å². The minimum Gasteiger partial charge on any atom is -0.489 e. The molecule has 7 nitrogen and oxygen atoms in total. The Hall–Kier alpha value is -3.50. The molecule has 1 aliphatic heterocycles. The van der Waals surface area contributed by atoms with Gasteiger partial charge in [-0.15, -0.1) is 0 Å². The van der Waals surface area contributed by atoms with E-state index in [1.54, 1.807) is 24.5 Å². The van der Waals surface area contributed by atoms with Crippen LogP contribution in [-0.4, -0.2) is 34.1 Å². The number of nitriles is 1. The summed E-state index contributed by atoms with van der Waals surface area (Å²) in [5.41, 5.74) is 3.60. The second-order valence-corrected chi connectivity index (χ2v) is 8.09. The molecule has 0 unspecified atom stereocenters. The summed E-state index contributed by atoms with van der Waals surface area (Å²) < 4.78 is 6.17. The standard InChI is InChI=1S/C24H24N6O/c25-13-16-3-8-28-23(9-16)30-24-12-18(17-1-2-17)11-22(29-24)19-10-21(15-27-14-19)31-20-4-6-26-7-5-20/h3,8-12,14-15,17,20,26H,1-2,4-7H2,(H,28,29,30). The number of piperidine rings is 1. The first-order valence-corrected chi connectivity index (χ1v) is 10.7. The van der Waals surface area contributed by atoms with Gasteiger partial charge in [0.25, 0.3) is 0 Å². The molecule has 3 aromatic heterocycles. The monoisotopic (exact) mass is 412 g/mol. The van der Waals surface area contributed by atoms with Crippen LogP contribution in [0.5, 0.6) is 5.75 Å². The Morgan fingerprint density at radius 2 is 1.90 bits per heavy atom. The second kappa shape index (κ2) is 8.70. The first-order chi connectivity index (χ1) is 15.3. The number of rotatable bonds is 6.